The van der Waals surface area contributed by atoms with Crippen molar-refractivity contribution in [2.45, 2.75) is 31.7 Å². The standard InChI is InChI=1S/C12H23NO3/c14-10-12(3-6-15-7-4-12)9-13-11-2-1-5-16-8-11/h11,13-14H,1-10H2. The molecule has 1 unspecified atom stereocenters. The van der Waals surface area contributed by atoms with E-state index >= 15 is 0 Å². The lowest BCUT2D eigenvalue weighted by atomic mass is 9.80. The maximum atomic E-state index is 9.54. The van der Waals surface area contributed by atoms with Gasteiger partial charge >= 0.3 is 0 Å². The van der Waals surface area contributed by atoms with Gasteiger partial charge in [-0.2, -0.15) is 0 Å². The molecule has 2 aliphatic heterocycles. The molecule has 1 atom stereocenters. The molecule has 16 heavy (non-hydrogen) atoms. The Hall–Kier alpha value is -0.160. The quantitative estimate of drug-likeness (QED) is 0.739. The summed E-state index contributed by atoms with van der Waals surface area (Å²) in [4.78, 5) is 0. The predicted octanol–water partition coefficient (Wildman–Crippen LogP) is 0.544. The second-order valence-corrected chi connectivity index (χ2v) is 5.07. The number of nitrogens with one attached hydrogen (secondary N) is 1. The van der Waals surface area contributed by atoms with Crippen molar-refractivity contribution in [3.05, 3.63) is 0 Å². The average Bonchev–Trinajstić information content (AvgIpc) is 2.39. The minimum absolute atomic E-state index is 0.0374. The second kappa shape index (κ2) is 5.96. The smallest absolute Gasteiger partial charge is 0.0619 e. The van der Waals surface area contributed by atoms with Crippen molar-refractivity contribution in [3.63, 3.8) is 0 Å². The fourth-order valence-corrected chi connectivity index (χ4v) is 2.46. The van der Waals surface area contributed by atoms with Crippen LogP contribution in [-0.4, -0.2) is 50.7 Å². The highest BCUT2D eigenvalue weighted by Gasteiger charge is 2.32. The summed E-state index contributed by atoms with van der Waals surface area (Å²) in [5.74, 6) is 0. The molecule has 4 heteroatoms. The summed E-state index contributed by atoms with van der Waals surface area (Å²) >= 11 is 0. The summed E-state index contributed by atoms with van der Waals surface area (Å²) in [6.45, 7) is 4.43. The highest BCUT2D eigenvalue weighted by atomic mass is 16.5. The number of aliphatic hydroxyl groups is 1. The topological polar surface area (TPSA) is 50.7 Å². The maximum Gasteiger partial charge on any atom is 0.0619 e. The predicted molar refractivity (Wildman–Crippen MR) is 61.4 cm³/mol. The van der Waals surface area contributed by atoms with E-state index in [2.05, 4.69) is 5.32 Å². The molecule has 2 heterocycles. The first-order valence-electron chi connectivity index (χ1n) is 6.34. The zero-order valence-electron chi connectivity index (χ0n) is 9.91. The van der Waals surface area contributed by atoms with Gasteiger partial charge in [0, 0.05) is 37.8 Å². The van der Waals surface area contributed by atoms with Crippen LogP contribution in [0.3, 0.4) is 0 Å². The van der Waals surface area contributed by atoms with E-state index in [0.29, 0.717) is 6.04 Å². The number of rotatable bonds is 4. The summed E-state index contributed by atoms with van der Waals surface area (Å²) < 4.78 is 10.8. The van der Waals surface area contributed by atoms with E-state index in [0.717, 1.165) is 52.2 Å². The number of hydrogen-bond donors (Lipinski definition) is 2. The fraction of sp³-hybridized carbons (Fsp3) is 1.00. The third-order valence-electron chi connectivity index (χ3n) is 3.81. The molecule has 0 saturated carbocycles. The van der Waals surface area contributed by atoms with Crippen molar-refractivity contribution in [1.82, 2.24) is 5.32 Å². The Morgan fingerprint density at radius 2 is 2.00 bits per heavy atom. The van der Waals surface area contributed by atoms with Crippen molar-refractivity contribution in [3.8, 4) is 0 Å². The van der Waals surface area contributed by atoms with Crippen LogP contribution in [0, 0.1) is 5.41 Å². The Morgan fingerprint density at radius 3 is 2.62 bits per heavy atom. The van der Waals surface area contributed by atoms with Crippen LogP contribution in [0.5, 0.6) is 0 Å². The molecule has 4 nitrogen and oxygen atoms in total. The van der Waals surface area contributed by atoms with E-state index in [9.17, 15) is 5.11 Å². The van der Waals surface area contributed by atoms with Crippen molar-refractivity contribution in [2.24, 2.45) is 5.41 Å². The molecule has 0 aliphatic carbocycles. The summed E-state index contributed by atoms with van der Waals surface area (Å²) in [6.07, 6.45) is 4.26. The van der Waals surface area contributed by atoms with Gasteiger partial charge in [0.2, 0.25) is 0 Å². The lowest BCUT2D eigenvalue weighted by Gasteiger charge is -2.37. The lowest BCUT2D eigenvalue weighted by Crippen LogP contribution is -2.47. The number of ether oxygens (including phenoxy) is 2. The van der Waals surface area contributed by atoms with Crippen LogP contribution in [0.25, 0.3) is 0 Å². The van der Waals surface area contributed by atoms with Crippen LogP contribution >= 0.6 is 0 Å². The van der Waals surface area contributed by atoms with Crippen LogP contribution in [0.15, 0.2) is 0 Å². The largest absolute Gasteiger partial charge is 0.396 e. The summed E-state index contributed by atoms with van der Waals surface area (Å²) in [5.41, 5.74) is 0.0374. The summed E-state index contributed by atoms with van der Waals surface area (Å²) in [6, 6.07) is 0.472. The van der Waals surface area contributed by atoms with Gasteiger partial charge in [0.05, 0.1) is 13.2 Å². The molecule has 2 fully saturated rings. The van der Waals surface area contributed by atoms with E-state index in [1.54, 1.807) is 0 Å². The summed E-state index contributed by atoms with van der Waals surface area (Å²) in [7, 11) is 0. The van der Waals surface area contributed by atoms with Gasteiger partial charge in [-0.05, 0) is 25.7 Å². The van der Waals surface area contributed by atoms with Gasteiger partial charge in [-0.1, -0.05) is 0 Å². The molecule has 0 aromatic rings. The zero-order valence-corrected chi connectivity index (χ0v) is 9.91. The molecular weight excluding hydrogens is 206 g/mol. The SMILES string of the molecule is OCC1(CNC2CCCOC2)CCOCC1. The zero-order chi connectivity index (χ0) is 11.3. The van der Waals surface area contributed by atoms with Gasteiger partial charge in [-0.25, -0.2) is 0 Å². The van der Waals surface area contributed by atoms with Crippen molar-refractivity contribution in [1.29, 1.82) is 0 Å². The molecule has 0 bridgehead atoms. The summed E-state index contributed by atoms with van der Waals surface area (Å²) in [5, 5.41) is 13.1. The van der Waals surface area contributed by atoms with Gasteiger partial charge in [-0.15, -0.1) is 0 Å². The molecule has 0 aromatic carbocycles. The van der Waals surface area contributed by atoms with E-state index in [1.165, 1.54) is 6.42 Å². The number of hydrogen-bond acceptors (Lipinski definition) is 4. The van der Waals surface area contributed by atoms with Crippen LogP contribution in [0.1, 0.15) is 25.7 Å². The molecule has 2 rings (SSSR count). The normalized spacial score (nSPS) is 30.2. The Bertz CT molecular complexity index is 198. The molecule has 0 amide bonds. The first kappa shape index (κ1) is 12.3. The average molecular weight is 229 g/mol. The van der Waals surface area contributed by atoms with Gasteiger partial charge < -0.3 is 19.9 Å². The van der Waals surface area contributed by atoms with Gasteiger partial charge in [0.25, 0.3) is 0 Å². The van der Waals surface area contributed by atoms with E-state index in [-0.39, 0.29) is 12.0 Å². The van der Waals surface area contributed by atoms with Crippen molar-refractivity contribution >= 4 is 0 Å². The Morgan fingerprint density at radius 1 is 1.19 bits per heavy atom. The van der Waals surface area contributed by atoms with Gasteiger partial charge in [0.15, 0.2) is 0 Å². The maximum absolute atomic E-state index is 9.54. The molecule has 0 radical (unpaired) electrons. The molecule has 2 aliphatic rings. The lowest BCUT2D eigenvalue weighted by molar-refractivity contribution is -0.0203. The Balaban J connectivity index is 1.77. The van der Waals surface area contributed by atoms with Crippen LogP contribution in [0.2, 0.25) is 0 Å². The van der Waals surface area contributed by atoms with Crippen molar-refractivity contribution < 1.29 is 14.6 Å². The van der Waals surface area contributed by atoms with Crippen LogP contribution < -0.4 is 5.32 Å². The first-order valence-corrected chi connectivity index (χ1v) is 6.34. The minimum atomic E-state index is 0.0374. The molecule has 2 saturated heterocycles. The fourth-order valence-electron chi connectivity index (χ4n) is 2.46. The van der Waals surface area contributed by atoms with E-state index in [1.807, 2.05) is 0 Å². The Labute approximate surface area is 97.3 Å². The highest BCUT2D eigenvalue weighted by Crippen LogP contribution is 2.29. The monoisotopic (exact) mass is 229 g/mol. The third-order valence-corrected chi connectivity index (χ3v) is 3.81. The van der Waals surface area contributed by atoms with E-state index < -0.39 is 0 Å². The Kier molecular flexibility index (Phi) is 4.58. The van der Waals surface area contributed by atoms with Gasteiger partial charge in [0.1, 0.15) is 0 Å². The third kappa shape index (κ3) is 3.17. The van der Waals surface area contributed by atoms with Gasteiger partial charge in [-0.3, -0.25) is 0 Å². The van der Waals surface area contributed by atoms with Crippen LogP contribution in [-0.2, 0) is 9.47 Å². The highest BCUT2D eigenvalue weighted by molar-refractivity contribution is 4.85. The first-order chi connectivity index (χ1) is 7.85. The van der Waals surface area contributed by atoms with Crippen molar-refractivity contribution in [2.75, 3.05) is 39.6 Å². The molecule has 2 N–H and O–H groups in total. The molecule has 94 valence electrons. The number of aliphatic hydroxyl groups excluding tert-OH is 1. The second-order valence-electron chi connectivity index (χ2n) is 5.07. The van der Waals surface area contributed by atoms with E-state index in [4.69, 9.17) is 9.47 Å². The molecular formula is C12H23NO3. The van der Waals surface area contributed by atoms with Crippen LogP contribution in [0.4, 0.5) is 0 Å². The molecule has 0 spiro atoms. The molecule has 0 aromatic heterocycles. The minimum Gasteiger partial charge on any atom is -0.396 e.